The third-order valence-electron chi connectivity index (χ3n) is 4.79. The number of hydrogen-bond donors (Lipinski definition) is 3. The molecule has 3 N–H and O–H groups in total. The third-order valence-corrected chi connectivity index (χ3v) is 6.80. The largest absolute Gasteiger partial charge is 0.325 e. The maximum atomic E-state index is 14.4. The van der Waals surface area contributed by atoms with Gasteiger partial charge in [0.1, 0.15) is 11.6 Å². The van der Waals surface area contributed by atoms with Gasteiger partial charge in [0, 0.05) is 11.4 Å². The molecule has 0 saturated carbocycles. The van der Waals surface area contributed by atoms with Crippen LogP contribution in [0.15, 0.2) is 41.3 Å². The van der Waals surface area contributed by atoms with E-state index in [0.717, 1.165) is 48.1 Å². The van der Waals surface area contributed by atoms with Gasteiger partial charge in [-0.15, -0.1) is 11.8 Å². The lowest BCUT2D eigenvalue weighted by Crippen LogP contribution is -2.16. The summed E-state index contributed by atoms with van der Waals surface area (Å²) in [6.07, 6.45) is 4.22. The minimum absolute atomic E-state index is 0.146. The molecule has 0 radical (unpaired) electrons. The van der Waals surface area contributed by atoms with E-state index < -0.39 is 7.60 Å². The molecule has 0 spiro atoms. The molecule has 4 nitrogen and oxygen atoms in total. The molecule has 0 atom stereocenters. The van der Waals surface area contributed by atoms with Gasteiger partial charge >= 0.3 is 7.60 Å². The molecule has 0 aliphatic rings. The van der Waals surface area contributed by atoms with Crippen LogP contribution in [-0.2, 0) is 17.5 Å². The first-order valence-corrected chi connectivity index (χ1v) is 12.9. The number of unbranched alkanes of at least 4 members (excludes halogenated alkanes) is 2. The van der Waals surface area contributed by atoms with Gasteiger partial charge in [0.15, 0.2) is 0 Å². The summed E-state index contributed by atoms with van der Waals surface area (Å²) in [6, 6.07) is 10.0. The number of hydrogen-bond acceptors (Lipinski definition) is 3. The molecular formula is C22H30F2NO3PS. The van der Waals surface area contributed by atoms with Crippen molar-refractivity contribution in [1.29, 1.82) is 0 Å². The number of halogens is 2. The molecule has 8 heteroatoms. The number of rotatable bonds is 13. The summed E-state index contributed by atoms with van der Waals surface area (Å²) in [7, 11) is -3.95. The van der Waals surface area contributed by atoms with Crippen LogP contribution in [0, 0.1) is 18.6 Å². The summed E-state index contributed by atoms with van der Waals surface area (Å²) in [5, 5.41) is 3.11. The molecule has 2 aromatic carbocycles. The Morgan fingerprint density at radius 1 is 1.03 bits per heavy atom. The van der Waals surface area contributed by atoms with Gasteiger partial charge in [0.05, 0.1) is 6.16 Å². The quantitative estimate of drug-likeness (QED) is 0.212. The third kappa shape index (κ3) is 9.71. The topological polar surface area (TPSA) is 69.6 Å². The number of thioether (sulfide) groups is 1. The number of benzene rings is 2. The van der Waals surface area contributed by atoms with Gasteiger partial charge in [0.25, 0.3) is 0 Å². The molecule has 166 valence electrons. The van der Waals surface area contributed by atoms with Crippen LogP contribution in [0.3, 0.4) is 0 Å². The van der Waals surface area contributed by atoms with Gasteiger partial charge in [-0.2, -0.15) is 0 Å². The second kappa shape index (κ2) is 12.6. The van der Waals surface area contributed by atoms with Gasteiger partial charge in [-0.25, -0.2) is 8.78 Å². The fourth-order valence-corrected chi connectivity index (χ4v) is 4.67. The van der Waals surface area contributed by atoms with E-state index in [-0.39, 0.29) is 17.8 Å². The molecule has 0 saturated heterocycles. The monoisotopic (exact) mass is 457 g/mol. The normalized spacial score (nSPS) is 11.8. The molecule has 30 heavy (non-hydrogen) atoms. The van der Waals surface area contributed by atoms with E-state index in [1.807, 2.05) is 25.1 Å². The molecular weight excluding hydrogens is 427 g/mol. The molecule has 0 aliphatic carbocycles. The van der Waals surface area contributed by atoms with E-state index in [9.17, 15) is 13.3 Å². The van der Waals surface area contributed by atoms with Crippen LogP contribution in [0.5, 0.6) is 0 Å². The second-order valence-corrected chi connectivity index (χ2v) is 10.3. The number of aryl methyl sites for hydroxylation is 2. The first-order valence-electron chi connectivity index (χ1n) is 10.2. The van der Waals surface area contributed by atoms with E-state index in [2.05, 4.69) is 5.32 Å². The van der Waals surface area contributed by atoms with E-state index in [1.165, 1.54) is 23.9 Å². The van der Waals surface area contributed by atoms with Crippen molar-refractivity contribution in [3.05, 3.63) is 64.7 Å². The zero-order chi connectivity index (χ0) is 22.0. The smallest absolute Gasteiger partial charge is 0.324 e. The Kier molecular flexibility index (Phi) is 10.5. The molecule has 0 amide bonds. The highest BCUT2D eigenvalue weighted by Gasteiger charge is 2.12. The molecule has 0 aliphatic heterocycles. The first-order chi connectivity index (χ1) is 14.2. The van der Waals surface area contributed by atoms with Gasteiger partial charge in [0.2, 0.25) is 0 Å². The molecule has 2 rings (SSSR count). The summed E-state index contributed by atoms with van der Waals surface area (Å²) in [4.78, 5) is 18.3. The number of nitrogens with one attached hydrogen (secondary N) is 1. The van der Waals surface area contributed by atoms with Gasteiger partial charge in [-0.3, -0.25) is 4.57 Å². The molecule has 0 fully saturated rings. The van der Waals surface area contributed by atoms with Crippen molar-refractivity contribution >= 4 is 19.4 Å². The van der Waals surface area contributed by atoms with Crippen molar-refractivity contribution in [2.24, 2.45) is 0 Å². The molecule has 0 unspecified atom stereocenters. The maximum Gasteiger partial charge on any atom is 0.325 e. The van der Waals surface area contributed by atoms with Crippen LogP contribution >= 0.6 is 19.4 Å². The van der Waals surface area contributed by atoms with Gasteiger partial charge in [-0.05, 0) is 85.9 Å². The summed E-state index contributed by atoms with van der Waals surface area (Å²) >= 11 is 1.52. The fourth-order valence-electron chi connectivity index (χ4n) is 3.07. The summed E-state index contributed by atoms with van der Waals surface area (Å²) in [5.74, 6) is 0.401. The van der Waals surface area contributed by atoms with Crippen molar-refractivity contribution in [2.75, 3.05) is 18.5 Å². The predicted molar refractivity (Wildman–Crippen MR) is 119 cm³/mol. The summed E-state index contributed by atoms with van der Waals surface area (Å²) < 4.78 is 38.1. The Morgan fingerprint density at radius 2 is 1.77 bits per heavy atom. The molecule has 0 bridgehead atoms. The summed E-state index contributed by atoms with van der Waals surface area (Å²) in [5.41, 5.74) is 2.99. The van der Waals surface area contributed by atoms with Gasteiger partial charge in [-0.1, -0.05) is 18.6 Å². The fraction of sp³-hybridized carbons (Fsp3) is 0.455. The summed E-state index contributed by atoms with van der Waals surface area (Å²) in [6.45, 7) is 2.89. The predicted octanol–water partition coefficient (Wildman–Crippen LogP) is 5.44. The maximum absolute atomic E-state index is 14.4. The average Bonchev–Trinajstić information content (AvgIpc) is 2.68. The Labute approximate surface area is 181 Å². The van der Waals surface area contributed by atoms with E-state index in [1.54, 1.807) is 6.07 Å². The lowest BCUT2D eigenvalue weighted by atomic mass is 10.1. The van der Waals surface area contributed by atoms with Gasteiger partial charge < -0.3 is 15.1 Å². The Hall–Kier alpha value is -1.24. The van der Waals surface area contributed by atoms with Crippen LogP contribution in [0.4, 0.5) is 8.78 Å². The highest BCUT2D eigenvalue weighted by molar-refractivity contribution is 7.99. The van der Waals surface area contributed by atoms with E-state index >= 15 is 0 Å². The van der Waals surface area contributed by atoms with Crippen LogP contribution in [0.25, 0.3) is 0 Å². The van der Waals surface area contributed by atoms with Crippen LogP contribution in [0.1, 0.15) is 42.4 Å². The Morgan fingerprint density at radius 3 is 2.47 bits per heavy atom. The minimum atomic E-state index is -3.95. The van der Waals surface area contributed by atoms with Crippen molar-refractivity contribution in [3.63, 3.8) is 0 Å². The van der Waals surface area contributed by atoms with E-state index in [4.69, 9.17) is 9.79 Å². The highest BCUT2D eigenvalue weighted by atomic mass is 32.2. The standard InChI is InChI=1S/C22H30F2NO3PS/c1-17-14-22(21(24)15-19(17)16-25-11-5-12-29(26,27)28)30-13-4-2-3-6-18-7-9-20(23)10-8-18/h7-10,14-15,25H,2-6,11-13,16H2,1H3,(H2,26,27,28). The van der Waals surface area contributed by atoms with E-state index in [0.29, 0.717) is 24.4 Å². The first kappa shape index (κ1) is 25.0. The minimum Gasteiger partial charge on any atom is -0.324 e. The lowest BCUT2D eigenvalue weighted by molar-refractivity contribution is 0.371. The Bertz CT molecular complexity index is 843. The SMILES string of the molecule is Cc1cc(SCCCCCc2ccc(F)cc2)c(F)cc1CNCCCP(=O)(O)O. The van der Waals surface area contributed by atoms with Crippen LogP contribution in [-0.4, -0.2) is 28.2 Å². The van der Waals surface area contributed by atoms with Crippen molar-refractivity contribution in [1.82, 2.24) is 5.32 Å². The zero-order valence-electron chi connectivity index (χ0n) is 17.2. The molecule has 0 heterocycles. The van der Waals surface area contributed by atoms with Crippen molar-refractivity contribution < 1.29 is 23.1 Å². The van der Waals surface area contributed by atoms with Crippen molar-refractivity contribution in [2.45, 2.75) is 50.5 Å². The zero-order valence-corrected chi connectivity index (χ0v) is 19.0. The Balaban J connectivity index is 1.67. The van der Waals surface area contributed by atoms with Crippen LogP contribution < -0.4 is 5.32 Å². The molecule has 0 aromatic heterocycles. The van der Waals surface area contributed by atoms with Crippen molar-refractivity contribution in [3.8, 4) is 0 Å². The average molecular weight is 458 g/mol. The lowest BCUT2D eigenvalue weighted by Gasteiger charge is -2.11. The molecule has 2 aromatic rings. The highest BCUT2D eigenvalue weighted by Crippen LogP contribution is 2.34. The van der Waals surface area contributed by atoms with Crippen LogP contribution in [0.2, 0.25) is 0 Å². The second-order valence-electron chi connectivity index (χ2n) is 7.41.